The molecule has 30 heavy (non-hydrogen) atoms. The molecule has 1 rings (SSSR count). The van der Waals surface area contributed by atoms with Crippen molar-refractivity contribution in [1.82, 2.24) is 20.9 Å². The third-order valence-corrected chi connectivity index (χ3v) is 5.72. The Labute approximate surface area is 188 Å². The van der Waals surface area contributed by atoms with Crippen LogP contribution in [0.15, 0.2) is 12.2 Å². The third kappa shape index (κ3) is 8.80. The van der Waals surface area contributed by atoms with Crippen LogP contribution in [0, 0.1) is 5.92 Å². The molecular formula is C20H32IN4O5-. The Bertz CT molecular complexity index is 662. The summed E-state index contributed by atoms with van der Waals surface area (Å²) in [7, 11) is 0. The number of alkyl halides is 2. The van der Waals surface area contributed by atoms with Crippen LogP contribution in [0.2, 0.25) is 0 Å². The normalized spacial score (nSPS) is 15.4. The standard InChI is InChI=1S/C20H32IN4O5/c1-13(2)18(20(30)23-14(3)19(29)22-12-21-4)24-15(26)8-6-5-7-11-25-16(27)9-10-17(25)28/h9-10,13-14,18H,5-8,11-12H2,1-4H3,(H,22,29)(H,23,30)(H,24,26)/q-1/t14-,18-/m0/s1. The monoisotopic (exact) mass is 535 g/mol. The Morgan fingerprint density at radius 3 is 2.17 bits per heavy atom. The summed E-state index contributed by atoms with van der Waals surface area (Å²) in [5.74, 6) is -1.60. The zero-order valence-corrected chi connectivity index (χ0v) is 20.2. The van der Waals surface area contributed by atoms with Crippen LogP contribution in [0.3, 0.4) is 0 Å². The van der Waals surface area contributed by atoms with Gasteiger partial charge in [-0.25, -0.2) is 0 Å². The molecule has 0 saturated heterocycles. The number of carbonyl (C=O) groups is 5. The molecule has 0 spiro atoms. The first-order valence-electron chi connectivity index (χ1n) is 10.0. The van der Waals surface area contributed by atoms with E-state index in [-0.39, 0.29) is 63.1 Å². The SMILES string of the molecule is C[I-]CNC(=O)[C@H](C)NC(=O)[C@@H](NC(=O)CCCCCN1C(=O)C=CC1=O)C(C)C. The molecule has 9 nitrogen and oxygen atoms in total. The van der Waals surface area contributed by atoms with E-state index in [9.17, 15) is 24.0 Å². The number of hydrogen-bond acceptors (Lipinski definition) is 5. The number of hydrogen-bond donors (Lipinski definition) is 3. The van der Waals surface area contributed by atoms with Crippen LogP contribution in [-0.4, -0.2) is 62.5 Å². The summed E-state index contributed by atoms with van der Waals surface area (Å²) in [4.78, 5) is 62.9. The molecule has 0 unspecified atom stereocenters. The van der Waals surface area contributed by atoms with Crippen molar-refractivity contribution < 1.29 is 45.2 Å². The minimum absolute atomic E-state index is 0.0660. The quantitative estimate of drug-likeness (QED) is 0.0759. The first-order chi connectivity index (χ1) is 14.2. The van der Waals surface area contributed by atoms with E-state index in [0.29, 0.717) is 30.4 Å². The number of carbonyl (C=O) groups excluding carboxylic acids is 5. The summed E-state index contributed by atoms with van der Waals surface area (Å²) in [5.41, 5.74) is 0. The van der Waals surface area contributed by atoms with Gasteiger partial charge in [-0.1, -0.05) is 0 Å². The van der Waals surface area contributed by atoms with Crippen LogP contribution in [0.25, 0.3) is 0 Å². The second-order valence-electron chi connectivity index (χ2n) is 7.43. The summed E-state index contributed by atoms with van der Waals surface area (Å²) in [6.45, 7) is 5.61. The van der Waals surface area contributed by atoms with Gasteiger partial charge >= 0.3 is 137 Å². The molecule has 2 atom stereocenters. The van der Waals surface area contributed by atoms with Crippen LogP contribution in [-0.2, 0) is 24.0 Å². The van der Waals surface area contributed by atoms with Crippen molar-refractivity contribution in [3.05, 3.63) is 12.2 Å². The van der Waals surface area contributed by atoms with E-state index in [4.69, 9.17) is 0 Å². The predicted molar refractivity (Wildman–Crippen MR) is 108 cm³/mol. The van der Waals surface area contributed by atoms with Gasteiger partial charge in [0, 0.05) is 18.7 Å². The Hall–Kier alpha value is -1.98. The van der Waals surface area contributed by atoms with E-state index >= 15 is 0 Å². The maximum atomic E-state index is 12.5. The van der Waals surface area contributed by atoms with Crippen molar-refractivity contribution in [2.75, 3.05) is 16.0 Å². The van der Waals surface area contributed by atoms with E-state index in [1.54, 1.807) is 6.92 Å². The van der Waals surface area contributed by atoms with Gasteiger partial charge in [-0.15, -0.1) is 0 Å². The fraction of sp³-hybridized carbons (Fsp3) is 0.650. The third-order valence-electron chi connectivity index (χ3n) is 4.58. The summed E-state index contributed by atoms with van der Waals surface area (Å²) < 4.78 is 0.652. The van der Waals surface area contributed by atoms with Crippen molar-refractivity contribution in [3.8, 4) is 0 Å². The van der Waals surface area contributed by atoms with Gasteiger partial charge in [0.2, 0.25) is 0 Å². The average molecular weight is 535 g/mol. The Morgan fingerprint density at radius 2 is 1.60 bits per heavy atom. The first kappa shape index (κ1) is 26.1. The molecule has 0 radical (unpaired) electrons. The van der Waals surface area contributed by atoms with Crippen molar-refractivity contribution >= 4 is 29.5 Å². The van der Waals surface area contributed by atoms with Crippen molar-refractivity contribution in [1.29, 1.82) is 0 Å². The molecular weight excluding hydrogens is 503 g/mol. The Kier molecular flexibility index (Phi) is 11.6. The van der Waals surface area contributed by atoms with Crippen LogP contribution < -0.4 is 37.2 Å². The number of nitrogens with one attached hydrogen (secondary N) is 3. The molecule has 5 amide bonds. The average Bonchev–Trinajstić information content (AvgIpc) is 3.01. The topological polar surface area (TPSA) is 125 Å². The van der Waals surface area contributed by atoms with Gasteiger partial charge in [0.1, 0.15) is 0 Å². The van der Waals surface area contributed by atoms with Gasteiger partial charge in [0.15, 0.2) is 0 Å². The number of nitrogens with zero attached hydrogens (tertiary/aromatic N) is 1. The molecule has 1 heterocycles. The van der Waals surface area contributed by atoms with Crippen LogP contribution in [0.4, 0.5) is 0 Å². The van der Waals surface area contributed by atoms with Crippen molar-refractivity contribution in [2.24, 2.45) is 5.92 Å². The van der Waals surface area contributed by atoms with Gasteiger partial charge in [-0.3, -0.25) is 14.5 Å². The molecule has 0 aromatic rings. The van der Waals surface area contributed by atoms with Crippen LogP contribution >= 0.6 is 0 Å². The predicted octanol–water partition coefficient (Wildman–Crippen LogP) is -3.09. The van der Waals surface area contributed by atoms with Gasteiger partial charge in [0.25, 0.3) is 11.8 Å². The van der Waals surface area contributed by atoms with Crippen LogP contribution in [0.1, 0.15) is 46.5 Å². The minimum atomic E-state index is -0.725. The van der Waals surface area contributed by atoms with Crippen molar-refractivity contribution in [2.45, 2.75) is 58.5 Å². The molecule has 0 aromatic carbocycles. The number of amides is 5. The van der Waals surface area contributed by atoms with Crippen LogP contribution in [0.5, 0.6) is 0 Å². The summed E-state index contributed by atoms with van der Waals surface area (Å²) in [5, 5.41) is 8.18. The molecule has 170 valence electrons. The summed E-state index contributed by atoms with van der Waals surface area (Å²) in [6.07, 6.45) is 4.63. The molecule has 0 saturated carbocycles. The zero-order chi connectivity index (χ0) is 22.7. The second-order valence-corrected chi connectivity index (χ2v) is 9.72. The molecule has 0 fully saturated rings. The van der Waals surface area contributed by atoms with E-state index in [1.807, 2.05) is 13.8 Å². The zero-order valence-electron chi connectivity index (χ0n) is 18.0. The fourth-order valence-corrected chi connectivity index (χ4v) is 3.58. The number of halogens is 1. The van der Waals surface area contributed by atoms with Gasteiger partial charge < -0.3 is 0 Å². The number of unbranched alkanes of at least 4 members (excludes halogenated alkanes) is 2. The molecule has 1 aliphatic heterocycles. The van der Waals surface area contributed by atoms with E-state index in [2.05, 4.69) is 20.9 Å². The van der Waals surface area contributed by atoms with E-state index in [0.717, 1.165) is 0 Å². The van der Waals surface area contributed by atoms with Crippen molar-refractivity contribution in [3.63, 3.8) is 0 Å². The van der Waals surface area contributed by atoms with Gasteiger partial charge in [-0.05, 0) is 6.42 Å². The Balaban J connectivity index is 2.36. The fourth-order valence-electron chi connectivity index (χ4n) is 2.82. The molecule has 0 bridgehead atoms. The van der Waals surface area contributed by atoms with Gasteiger partial charge in [-0.2, -0.15) is 0 Å². The molecule has 10 heteroatoms. The maximum absolute atomic E-state index is 12.5. The molecule has 0 aliphatic carbocycles. The van der Waals surface area contributed by atoms with E-state index < -0.39 is 12.1 Å². The number of rotatable bonds is 13. The number of imide groups is 1. The summed E-state index contributed by atoms with van der Waals surface area (Å²) in [6, 6.07) is -1.39. The molecule has 0 aromatic heterocycles. The molecule has 1 aliphatic rings. The van der Waals surface area contributed by atoms with E-state index in [1.165, 1.54) is 17.1 Å². The van der Waals surface area contributed by atoms with Gasteiger partial charge in [0.05, 0.1) is 0 Å². The Morgan fingerprint density at radius 1 is 0.967 bits per heavy atom. The molecule has 3 N–H and O–H groups in total. The summed E-state index contributed by atoms with van der Waals surface area (Å²) >= 11 is -0.0660. The first-order valence-corrected chi connectivity index (χ1v) is 13.7. The second kappa shape index (κ2) is 13.3.